The molecule has 0 aliphatic heterocycles. The number of allylic oxidation sites excluding steroid dienone is 1. The average Bonchev–Trinajstić information content (AvgIpc) is 1.80. The van der Waals surface area contributed by atoms with Crippen LogP contribution in [0.1, 0.15) is 13.3 Å². The molecule has 0 amide bonds. The topological polar surface area (TPSA) is 12.4 Å². The van der Waals surface area contributed by atoms with Crippen molar-refractivity contribution in [3.05, 3.63) is 16.2 Å². The molecule has 0 rings (SSSR count). The summed E-state index contributed by atoms with van der Waals surface area (Å²) < 4.78 is 1.15. The molecule has 2 heteroatoms. The Kier molecular flexibility index (Phi) is 5.99. The molecule has 1 nitrogen and oxygen atoms in total. The molecule has 50 valence electrons. The lowest BCUT2D eigenvalue weighted by molar-refractivity contribution is 1.01. The number of nitrogens with zero attached hydrogens (tertiary/aromatic N) is 1. The first-order valence-corrected chi connectivity index (χ1v) is 3.88. The van der Waals surface area contributed by atoms with Crippen LogP contribution < -0.4 is 0 Å². The maximum Gasteiger partial charge on any atom is 0.0528 e. The number of hydrogen-bond acceptors (Lipinski definition) is 1. The summed E-state index contributed by atoms with van der Waals surface area (Å²) in [7, 11) is 0. The van der Waals surface area contributed by atoms with Gasteiger partial charge in [-0.1, -0.05) is 6.58 Å². The zero-order valence-corrected chi connectivity index (χ0v) is 7.68. The quantitative estimate of drug-likeness (QED) is 0.526. The molecule has 0 aliphatic carbocycles. The summed E-state index contributed by atoms with van der Waals surface area (Å²) in [5.74, 6) is 2.76. The third-order valence-corrected chi connectivity index (χ3v) is 1.25. The Morgan fingerprint density at radius 2 is 2.56 bits per heavy atom. The highest BCUT2D eigenvalue weighted by Gasteiger charge is 1.82. The first-order chi connectivity index (χ1) is 4.27. The van der Waals surface area contributed by atoms with Crippen molar-refractivity contribution < 1.29 is 0 Å². The van der Waals surface area contributed by atoms with Gasteiger partial charge in [0, 0.05) is 0 Å². The third kappa shape index (κ3) is 7.92. The fraction of sp³-hybridized carbons (Fsp3) is 0.429. The van der Waals surface area contributed by atoms with Gasteiger partial charge in [0.2, 0.25) is 0 Å². The normalized spacial score (nSPS) is 7.78. The zero-order chi connectivity index (χ0) is 7.11. The smallest absolute Gasteiger partial charge is 0.0528 e. The van der Waals surface area contributed by atoms with Gasteiger partial charge in [-0.2, -0.15) is 0 Å². The van der Waals surface area contributed by atoms with Crippen LogP contribution in [0.3, 0.4) is 0 Å². The number of hydrogen-bond donors (Lipinski definition) is 0. The minimum Gasteiger partial charge on any atom is -0.243 e. The molecular formula is C7H10IN. The van der Waals surface area contributed by atoms with Crippen molar-refractivity contribution >= 4 is 28.5 Å². The second-order valence-electron chi connectivity index (χ2n) is 1.57. The van der Waals surface area contributed by atoms with Gasteiger partial charge in [-0.3, -0.25) is 0 Å². The zero-order valence-electron chi connectivity index (χ0n) is 5.52. The second kappa shape index (κ2) is 6.05. The van der Waals surface area contributed by atoms with E-state index in [1.807, 2.05) is 6.92 Å². The van der Waals surface area contributed by atoms with Crippen molar-refractivity contribution in [2.24, 2.45) is 4.99 Å². The summed E-state index contributed by atoms with van der Waals surface area (Å²) in [6.45, 7) is 6.46. The van der Waals surface area contributed by atoms with E-state index in [0.29, 0.717) is 0 Å². The maximum atomic E-state index is 3.96. The number of halogens is 1. The minimum atomic E-state index is 0.812. The van der Waals surface area contributed by atoms with Crippen LogP contribution in [-0.4, -0.2) is 12.4 Å². The van der Waals surface area contributed by atoms with Crippen LogP contribution in [0.4, 0.5) is 0 Å². The summed E-state index contributed by atoms with van der Waals surface area (Å²) in [5, 5.41) is 0. The molecule has 0 saturated heterocycles. The molecule has 0 atom stereocenters. The molecule has 0 saturated carbocycles. The van der Waals surface area contributed by atoms with Gasteiger partial charge in [-0.05, 0) is 51.5 Å². The number of aliphatic imine (C=N–C) groups is 1. The van der Waals surface area contributed by atoms with Crippen LogP contribution in [0.25, 0.3) is 0 Å². The van der Waals surface area contributed by atoms with Crippen LogP contribution in [0.15, 0.2) is 21.2 Å². The Bertz CT molecular complexity index is 143. The van der Waals surface area contributed by atoms with Gasteiger partial charge in [0.25, 0.3) is 0 Å². The lowest BCUT2D eigenvalue weighted by Crippen LogP contribution is -1.76. The van der Waals surface area contributed by atoms with E-state index in [1.165, 1.54) is 0 Å². The molecule has 0 spiro atoms. The van der Waals surface area contributed by atoms with E-state index in [1.54, 1.807) is 6.08 Å². The summed E-state index contributed by atoms with van der Waals surface area (Å²) >= 11 is 2.20. The molecule has 0 aromatic heterocycles. The van der Waals surface area contributed by atoms with Crippen LogP contribution in [0.2, 0.25) is 0 Å². The Labute approximate surface area is 69.7 Å². The van der Waals surface area contributed by atoms with E-state index in [-0.39, 0.29) is 0 Å². The van der Waals surface area contributed by atoms with Gasteiger partial charge in [-0.25, -0.2) is 4.99 Å². The molecule has 9 heavy (non-hydrogen) atoms. The van der Waals surface area contributed by atoms with E-state index < -0.39 is 0 Å². The fourth-order valence-electron chi connectivity index (χ4n) is 0.333. The highest BCUT2D eigenvalue weighted by Crippen LogP contribution is 2.05. The lowest BCUT2D eigenvalue weighted by atomic mass is 10.4. The van der Waals surface area contributed by atoms with Crippen molar-refractivity contribution in [3.63, 3.8) is 0 Å². The van der Waals surface area contributed by atoms with Crippen molar-refractivity contribution in [2.75, 3.05) is 6.54 Å². The Morgan fingerprint density at radius 1 is 1.89 bits per heavy atom. The van der Waals surface area contributed by atoms with Gasteiger partial charge in [-0.15, -0.1) is 0 Å². The Hall–Kier alpha value is -0.0800. The first kappa shape index (κ1) is 8.92. The van der Waals surface area contributed by atoms with E-state index >= 15 is 0 Å². The predicted molar refractivity (Wildman–Crippen MR) is 50.3 cm³/mol. The van der Waals surface area contributed by atoms with Gasteiger partial charge < -0.3 is 0 Å². The van der Waals surface area contributed by atoms with E-state index in [9.17, 15) is 0 Å². The molecule has 0 bridgehead atoms. The van der Waals surface area contributed by atoms with Crippen LogP contribution in [0.5, 0.6) is 0 Å². The maximum absolute atomic E-state index is 3.96. The Morgan fingerprint density at radius 3 is 3.00 bits per heavy atom. The summed E-state index contributed by atoms with van der Waals surface area (Å²) in [4.78, 5) is 3.96. The first-order valence-electron chi connectivity index (χ1n) is 2.80. The molecular weight excluding hydrogens is 225 g/mol. The second-order valence-corrected chi connectivity index (χ2v) is 3.09. The monoisotopic (exact) mass is 235 g/mol. The average molecular weight is 235 g/mol. The van der Waals surface area contributed by atoms with Crippen LogP contribution >= 0.6 is 22.6 Å². The van der Waals surface area contributed by atoms with Crippen LogP contribution in [0, 0.1) is 0 Å². The largest absolute Gasteiger partial charge is 0.243 e. The third-order valence-electron chi connectivity index (χ3n) is 0.715. The highest BCUT2D eigenvalue weighted by atomic mass is 127. The standard InChI is InChI=1S/C7H10IN/c1-3-5-9-6-4-7(2)8/h3H,2,4,6H2,1H3. The Balaban J connectivity index is 3.30. The van der Waals surface area contributed by atoms with Crippen molar-refractivity contribution in [2.45, 2.75) is 13.3 Å². The predicted octanol–water partition coefficient (Wildman–Crippen LogP) is 2.57. The van der Waals surface area contributed by atoms with Gasteiger partial charge in [0.1, 0.15) is 0 Å². The molecule has 0 N–H and O–H groups in total. The van der Waals surface area contributed by atoms with E-state index in [0.717, 1.165) is 16.5 Å². The molecule has 0 aliphatic rings. The number of rotatable bonds is 3. The molecule has 0 unspecified atom stereocenters. The summed E-state index contributed by atoms with van der Waals surface area (Å²) in [5.41, 5.74) is 0. The summed E-state index contributed by atoms with van der Waals surface area (Å²) in [6.07, 6.45) is 2.76. The fourth-order valence-corrected chi connectivity index (χ4v) is 0.574. The highest BCUT2D eigenvalue weighted by molar-refractivity contribution is 14.1. The van der Waals surface area contributed by atoms with Crippen molar-refractivity contribution in [1.82, 2.24) is 0 Å². The summed E-state index contributed by atoms with van der Waals surface area (Å²) in [6, 6.07) is 0. The lowest BCUT2D eigenvalue weighted by Gasteiger charge is -1.86. The molecule has 0 aromatic rings. The van der Waals surface area contributed by atoms with Gasteiger partial charge in [0.05, 0.1) is 6.54 Å². The van der Waals surface area contributed by atoms with Crippen molar-refractivity contribution in [3.8, 4) is 0 Å². The van der Waals surface area contributed by atoms with E-state index in [2.05, 4.69) is 40.0 Å². The molecule has 0 heterocycles. The molecule has 0 fully saturated rings. The van der Waals surface area contributed by atoms with Gasteiger partial charge >= 0.3 is 0 Å². The minimum absolute atomic E-state index is 0.812. The van der Waals surface area contributed by atoms with Gasteiger partial charge in [0.15, 0.2) is 0 Å². The SMILES string of the molecule is C=C(I)CCN=C=CC. The van der Waals surface area contributed by atoms with E-state index in [4.69, 9.17) is 0 Å². The molecule has 0 aromatic carbocycles. The molecule has 0 radical (unpaired) electrons. The van der Waals surface area contributed by atoms with Crippen molar-refractivity contribution in [1.29, 1.82) is 0 Å². The van der Waals surface area contributed by atoms with Crippen LogP contribution in [-0.2, 0) is 0 Å².